The van der Waals surface area contributed by atoms with Gasteiger partial charge in [0.05, 0.1) is 10.5 Å². The van der Waals surface area contributed by atoms with Gasteiger partial charge in [0.1, 0.15) is 0 Å². The maximum Gasteiger partial charge on any atom is 0.303 e. The second-order valence-electron chi connectivity index (χ2n) is 5.77. The van der Waals surface area contributed by atoms with Crippen molar-refractivity contribution >= 4 is 34.2 Å². The molecule has 128 valence electrons. The molecule has 0 bridgehead atoms. The van der Waals surface area contributed by atoms with Crippen molar-refractivity contribution in [2.24, 2.45) is 0 Å². The van der Waals surface area contributed by atoms with Crippen molar-refractivity contribution in [1.29, 1.82) is 0 Å². The van der Waals surface area contributed by atoms with Crippen molar-refractivity contribution < 1.29 is 24.4 Å². The molecule has 25 heavy (non-hydrogen) atoms. The predicted octanol–water partition coefficient (Wildman–Crippen LogP) is 2.60. The zero-order valence-corrected chi connectivity index (χ0v) is 13.1. The molecule has 0 spiro atoms. The van der Waals surface area contributed by atoms with Gasteiger partial charge in [-0.05, 0) is 24.3 Å². The molecule has 1 heterocycles. The monoisotopic (exact) mass is 342 g/mol. The molecule has 0 saturated heterocycles. The fourth-order valence-electron chi connectivity index (χ4n) is 3.00. The Hall–Kier alpha value is -3.29. The Morgan fingerprint density at radius 3 is 2.52 bits per heavy atom. The first-order valence-electron chi connectivity index (χ1n) is 7.69. The van der Waals surface area contributed by atoms with E-state index in [1.54, 1.807) is 18.2 Å². The zero-order chi connectivity index (χ0) is 18.1. The van der Waals surface area contributed by atoms with E-state index in [-0.39, 0.29) is 24.2 Å². The molecule has 2 aromatic carbocycles. The van der Waals surface area contributed by atoms with Crippen molar-refractivity contribution in [1.82, 2.24) is 4.90 Å². The first kappa shape index (κ1) is 16.6. The number of nitrogens with zero attached hydrogens (tertiary/aromatic N) is 2. The minimum absolute atomic E-state index is 0.0478. The van der Waals surface area contributed by atoms with Gasteiger partial charge in [0.2, 0.25) is 0 Å². The van der Waals surface area contributed by atoms with E-state index < -0.39 is 22.7 Å². The number of aliphatic carboxylic acids is 1. The SMILES string of the molecule is O=C(O)CCCCN1C(=O)c2cccc3cc([N+](=O)[O-])cc(c23)C1=O. The summed E-state index contributed by atoms with van der Waals surface area (Å²) in [6.07, 6.45) is 0.635. The van der Waals surface area contributed by atoms with Crippen molar-refractivity contribution in [3.05, 3.63) is 51.6 Å². The van der Waals surface area contributed by atoms with Crippen LogP contribution in [0.1, 0.15) is 40.0 Å². The average molecular weight is 342 g/mol. The first-order chi connectivity index (χ1) is 11.9. The highest BCUT2D eigenvalue weighted by Gasteiger charge is 2.33. The Morgan fingerprint density at radius 1 is 1.12 bits per heavy atom. The van der Waals surface area contributed by atoms with Crippen LogP contribution in [0.15, 0.2) is 30.3 Å². The summed E-state index contributed by atoms with van der Waals surface area (Å²) in [6.45, 7) is 0.0729. The number of nitro benzene ring substituents is 1. The molecule has 8 nitrogen and oxygen atoms in total. The minimum atomic E-state index is -0.943. The van der Waals surface area contributed by atoms with E-state index in [1.807, 2.05) is 0 Å². The number of carboxylic acid groups (broad SMARTS) is 1. The van der Waals surface area contributed by atoms with Gasteiger partial charge in [-0.15, -0.1) is 0 Å². The van der Waals surface area contributed by atoms with Crippen LogP contribution in [-0.2, 0) is 4.79 Å². The highest BCUT2D eigenvalue weighted by Crippen LogP contribution is 2.33. The Balaban J connectivity index is 1.99. The summed E-state index contributed by atoms with van der Waals surface area (Å²) in [4.78, 5) is 47.4. The third-order valence-electron chi connectivity index (χ3n) is 4.15. The quantitative estimate of drug-likeness (QED) is 0.373. The molecule has 0 aromatic heterocycles. The molecule has 8 heteroatoms. The Kier molecular flexibility index (Phi) is 4.18. The van der Waals surface area contributed by atoms with Crippen molar-refractivity contribution in [2.45, 2.75) is 19.3 Å². The molecule has 0 unspecified atom stereocenters. The normalized spacial score (nSPS) is 13.4. The third kappa shape index (κ3) is 2.93. The maximum absolute atomic E-state index is 12.7. The third-order valence-corrected chi connectivity index (χ3v) is 4.15. The second kappa shape index (κ2) is 6.31. The molecule has 1 N–H and O–H groups in total. The van der Waals surface area contributed by atoms with Crippen molar-refractivity contribution in [2.75, 3.05) is 6.54 Å². The highest BCUT2D eigenvalue weighted by atomic mass is 16.6. The van der Waals surface area contributed by atoms with Gasteiger partial charge in [-0.2, -0.15) is 0 Å². The van der Waals surface area contributed by atoms with Crippen LogP contribution < -0.4 is 0 Å². The lowest BCUT2D eigenvalue weighted by atomic mass is 9.93. The van der Waals surface area contributed by atoms with E-state index in [9.17, 15) is 24.5 Å². The van der Waals surface area contributed by atoms with Crippen LogP contribution >= 0.6 is 0 Å². The summed E-state index contributed by atoms with van der Waals surface area (Å²) >= 11 is 0. The van der Waals surface area contributed by atoms with Gasteiger partial charge in [0, 0.05) is 36.0 Å². The molecule has 0 saturated carbocycles. The summed E-state index contributed by atoms with van der Waals surface area (Å²) in [5, 5.41) is 20.6. The second-order valence-corrected chi connectivity index (χ2v) is 5.77. The van der Waals surface area contributed by atoms with Gasteiger partial charge in [0.25, 0.3) is 17.5 Å². The van der Waals surface area contributed by atoms with Crippen LogP contribution in [0.2, 0.25) is 0 Å². The van der Waals surface area contributed by atoms with Crippen LogP contribution in [0, 0.1) is 10.1 Å². The Bertz CT molecular complexity index is 921. The molecular weight excluding hydrogens is 328 g/mol. The van der Waals surface area contributed by atoms with Gasteiger partial charge in [0.15, 0.2) is 0 Å². The highest BCUT2D eigenvalue weighted by molar-refractivity contribution is 6.25. The standard InChI is InChI=1S/C17H14N2O6/c20-14(21)6-1-2-7-18-16(22)12-5-3-4-10-8-11(19(24)25)9-13(15(10)12)17(18)23/h3-5,8-9H,1-2,6-7H2,(H,20,21). The molecule has 1 aliphatic rings. The van der Waals surface area contributed by atoms with Crippen molar-refractivity contribution in [3.8, 4) is 0 Å². The largest absolute Gasteiger partial charge is 0.481 e. The smallest absolute Gasteiger partial charge is 0.303 e. The number of benzene rings is 2. The maximum atomic E-state index is 12.7. The number of carbonyl (C=O) groups excluding carboxylic acids is 2. The van der Waals surface area contributed by atoms with E-state index in [4.69, 9.17) is 5.11 Å². The van der Waals surface area contributed by atoms with Crippen LogP contribution in [0.5, 0.6) is 0 Å². The lowest BCUT2D eigenvalue weighted by molar-refractivity contribution is -0.384. The topological polar surface area (TPSA) is 118 Å². The number of unbranched alkanes of at least 4 members (excludes halogenated alkanes) is 1. The first-order valence-corrected chi connectivity index (χ1v) is 7.69. The summed E-state index contributed by atoms with van der Waals surface area (Å²) in [5.41, 5.74) is 0.228. The Morgan fingerprint density at radius 2 is 1.84 bits per heavy atom. The number of imide groups is 1. The molecule has 3 rings (SSSR count). The lowest BCUT2D eigenvalue weighted by Gasteiger charge is -2.27. The summed E-state index contributed by atoms with van der Waals surface area (Å²) < 4.78 is 0. The number of non-ortho nitro benzene ring substituents is 1. The van der Waals surface area contributed by atoms with Crippen LogP contribution in [0.4, 0.5) is 5.69 Å². The predicted molar refractivity (Wildman–Crippen MR) is 87.5 cm³/mol. The van der Waals surface area contributed by atoms with E-state index >= 15 is 0 Å². The molecule has 0 radical (unpaired) electrons. The van der Waals surface area contributed by atoms with Crippen LogP contribution in [-0.4, -0.2) is 39.3 Å². The molecule has 0 fully saturated rings. The van der Waals surface area contributed by atoms with Crippen LogP contribution in [0.25, 0.3) is 10.8 Å². The average Bonchev–Trinajstić information content (AvgIpc) is 2.58. The number of rotatable bonds is 6. The summed E-state index contributed by atoms with van der Waals surface area (Å²) in [5.74, 6) is -2.00. The van der Waals surface area contributed by atoms with Gasteiger partial charge in [-0.25, -0.2) is 0 Å². The number of hydrogen-bond acceptors (Lipinski definition) is 5. The fourth-order valence-corrected chi connectivity index (χ4v) is 3.00. The molecule has 2 amide bonds. The molecule has 1 aliphatic heterocycles. The molecule has 2 aromatic rings. The van der Waals surface area contributed by atoms with E-state index in [1.165, 1.54) is 12.1 Å². The zero-order valence-electron chi connectivity index (χ0n) is 13.1. The van der Waals surface area contributed by atoms with E-state index in [0.717, 1.165) is 4.90 Å². The number of carboxylic acids is 1. The molecule has 0 atom stereocenters. The minimum Gasteiger partial charge on any atom is -0.481 e. The van der Waals surface area contributed by atoms with Gasteiger partial charge >= 0.3 is 5.97 Å². The number of nitro groups is 1. The molecule has 0 aliphatic carbocycles. The number of amides is 2. The number of carbonyl (C=O) groups is 3. The lowest BCUT2D eigenvalue weighted by Crippen LogP contribution is -2.40. The van der Waals surface area contributed by atoms with Gasteiger partial charge in [-0.3, -0.25) is 29.4 Å². The van der Waals surface area contributed by atoms with Crippen LogP contribution in [0.3, 0.4) is 0 Å². The fraction of sp³-hybridized carbons (Fsp3) is 0.235. The summed E-state index contributed by atoms with van der Waals surface area (Å²) in [6, 6.07) is 7.34. The van der Waals surface area contributed by atoms with Gasteiger partial charge in [-0.1, -0.05) is 12.1 Å². The Labute approximate surface area is 141 Å². The molecular formula is C17H14N2O6. The van der Waals surface area contributed by atoms with E-state index in [0.29, 0.717) is 29.2 Å². The van der Waals surface area contributed by atoms with Gasteiger partial charge < -0.3 is 5.11 Å². The summed E-state index contributed by atoms with van der Waals surface area (Å²) in [7, 11) is 0. The number of hydrogen-bond donors (Lipinski definition) is 1. The van der Waals surface area contributed by atoms with E-state index in [2.05, 4.69) is 0 Å². The van der Waals surface area contributed by atoms with Crippen molar-refractivity contribution in [3.63, 3.8) is 0 Å².